The van der Waals surface area contributed by atoms with Crippen molar-refractivity contribution < 1.29 is 0 Å². The van der Waals surface area contributed by atoms with Gasteiger partial charge in [-0.2, -0.15) is 5.26 Å². The van der Waals surface area contributed by atoms with E-state index in [2.05, 4.69) is 43.4 Å². The monoisotopic (exact) mass is 470 g/mol. The van der Waals surface area contributed by atoms with Gasteiger partial charge < -0.3 is 15.6 Å². The van der Waals surface area contributed by atoms with Gasteiger partial charge in [0.15, 0.2) is 0 Å². The van der Waals surface area contributed by atoms with Crippen molar-refractivity contribution in [2.45, 2.75) is 6.92 Å². The highest BCUT2D eigenvalue weighted by Gasteiger charge is 2.11. The maximum absolute atomic E-state index is 9.32. The first kappa shape index (κ1) is 22.5. The van der Waals surface area contributed by atoms with Crippen molar-refractivity contribution >= 4 is 46.2 Å². The van der Waals surface area contributed by atoms with Crippen LogP contribution in [0.1, 0.15) is 18.1 Å². The zero-order valence-electron chi connectivity index (χ0n) is 19.5. The second kappa shape index (κ2) is 9.91. The summed E-state index contributed by atoms with van der Waals surface area (Å²) in [4.78, 5) is 20.7. The summed E-state index contributed by atoms with van der Waals surface area (Å²) in [7, 11) is 0. The Bertz CT molecular complexity index is 1630. The van der Waals surface area contributed by atoms with Gasteiger partial charge in [-0.3, -0.25) is 15.0 Å². The van der Waals surface area contributed by atoms with Crippen LogP contribution in [-0.2, 0) is 0 Å². The van der Waals surface area contributed by atoms with E-state index in [0.717, 1.165) is 44.9 Å². The number of hydrogen-bond donors (Lipinski definition) is 3. The van der Waals surface area contributed by atoms with Crippen LogP contribution in [0.5, 0.6) is 0 Å². The van der Waals surface area contributed by atoms with Gasteiger partial charge in [0.25, 0.3) is 0 Å². The molecule has 5 aromatic rings. The maximum Gasteiger partial charge on any atom is 0.140 e. The molecule has 0 aliphatic rings. The highest BCUT2D eigenvalue weighted by Crippen LogP contribution is 2.30. The van der Waals surface area contributed by atoms with E-state index in [0.29, 0.717) is 17.1 Å². The van der Waals surface area contributed by atoms with Gasteiger partial charge >= 0.3 is 0 Å². The molecule has 3 aromatic heterocycles. The van der Waals surface area contributed by atoms with Crippen molar-refractivity contribution in [3.8, 4) is 17.5 Å². The molecule has 3 heterocycles. The molecule has 0 fully saturated rings. The van der Waals surface area contributed by atoms with E-state index in [-0.39, 0.29) is 0 Å². The lowest BCUT2D eigenvalue weighted by Gasteiger charge is -2.14. The number of H-pyrrole nitrogens is 1. The number of rotatable bonds is 7. The van der Waals surface area contributed by atoms with Crippen molar-refractivity contribution in [2.75, 3.05) is 10.6 Å². The summed E-state index contributed by atoms with van der Waals surface area (Å²) in [5.41, 5.74) is 8.10. The summed E-state index contributed by atoms with van der Waals surface area (Å²) < 4.78 is 0. The van der Waals surface area contributed by atoms with Crippen molar-refractivity contribution in [1.29, 1.82) is 5.26 Å². The van der Waals surface area contributed by atoms with E-state index in [9.17, 15) is 5.26 Å². The number of aliphatic imine (C=N–C) groups is 1. The number of imidazole rings is 1. The summed E-state index contributed by atoms with van der Waals surface area (Å²) in [6, 6.07) is 19.3. The molecule has 0 aliphatic heterocycles. The Morgan fingerprint density at radius 2 is 1.86 bits per heavy atom. The lowest BCUT2D eigenvalue weighted by molar-refractivity contribution is 1.27. The first-order valence-electron chi connectivity index (χ1n) is 11.2. The number of anilines is 3. The fourth-order valence-electron chi connectivity index (χ4n) is 3.87. The zero-order chi connectivity index (χ0) is 24.9. The molecule has 0 bridgehead atoms. The molecule has 8 heteroatoms. The van der Waals surface area contributed by atoms with Gasteiger partial charge in [0.1, 0.15) is 5.82 Å². The molecule has 3 N–H and O–H groups in total. The summed E-state index contributed by atoms with van der Waals surface area (Å²) in [5.74, 6) is 0.712. The van der Waals surface area contributed by atoms with E-state index in [4.69, 9.17) is 4.98 Å². The van der Waals surface area contributed by atoms with Gasteiger partial charge in [-0.15, -0.1) is 0 Å². The Hall–Kier alpha value is -5.29. The smallest absolute Gasteiger partial charge is 0.140 e. The molecular formula is C28H22N8. The van der Waals surface area contributed by atoms with E-state index < -0.39 is 0 Å². The predicted molar refractivity (Wildman–Crippen MR) is 144 cm³/mol. The number of fused-ring (bicyclic) bond motifs is 1. The van der Waals surface area contributed by atoms with Crippen LogP contribution in [0.25, 0.3) is 28.1 Å². The zero-order valence-corrected chi connectivity index (χ0v) is 19.5. The molecule has 0 aliphatic carbocycles. The molecular weight excluding hydrogens is 448 g/mol. The Morgan fingerprint density at radius 1 is 1.00 bits per heavy atom. The average Bonchev–Trinajstić information content (AvgIpc) is 3.36. The Morgan fingerprint density at radius 3 is 2.64 bits per heavy atom. The second-order valence-corrected chi connectivity index (χ2v) is 7.97. The highest BCUT2D eigenvalue weighted by molar-refractivity contribution is 5.86. The molecule has 8 nitrogen and oxygen atoms in total. The number of nitrogens with zero attached hydrogens (tertiary/aromatic N) is 5. The molecule has 0 saturated carbocycles. The van der Waals surface area contributed by atoms with Crippen LogP contribution in [0.4, 0.5) is 22.7 Å². The standard InChI is InChI=1S/C28H22N8/c1-3-24(23-12-18(15-29)4-6-25(23)30-2)34-22-13-19(16-32-17-22)28-35-26-7-5-21(14-27(26)36-28)33-20-8-10-31-11-9-20/h3-14,16-17,34H,2H2,1H3,(H,31,33)(H,35,36)/b24-3+. The average molecular weight is 471 g/mol. The lowest BCUT2D eigenvalue weighted by Crippen LogP contribution is -2.00. The van der Waals surface area contributed by atoms with Crippen molar-refractivity contribution in [1.82, 2.24) is 19.9 Å². The molecule has 0 amide bonds. The number of pyridine rings is 2. The number of allylic oxidation sites excluding steroid dienone is 1. The fourth-order valence-corrected chi connectivity index (χ4v) is 3.87. The first-order chi connectivity index (χ1) is 17.7. The second-order valence-electron chi connectivity index (χ2n) is 7.97. The summed E-state index contributed by atoms with van der Waals surface area (Å²) in [6.07, 6.45) is 8.92. The number of aromatic amines is 1. The van der Waals surface area contributed by atoms with Crippen LogP contribution in [0.2, 0.25) is 0 Å². The lowest BCUT2D eigenvalue weighted by atomic mass is 10.1. The molecule has 0 spiro atoms. The van der Waals surface area contributed by atoms with Crippen molar-refractivity contribution in [3.05, 3.63) is 96.6 Å². The van der Waals surface area contributed by atoms with Gasteiger partial charge in [0.05, 0.1) is 40.2 Å². The molecule has 0 saturated heterocycles. The van der Waals surface area contributed by atoms with Crippen LogP contribution in [-0.4, -0.2) is 26.7 Å². The summed E-state index contributed by atoms with van der Waals surface area (Å²) >= 11 is 0. The first-order valence-corrected chi connectivity index (χ1v) is 11.2. The normalized spacial score (nSPS) is 11.2. The van der Waals surface area contributed by atoms with Gasteiger partial charge in [-0.05, 0) is 68.2 Å². The third kappa shape index (κ3) is 4.67. The Kier molecular flexibility index (Phi) is 6.19. The molecule has 36 heavy (non-hydrogen) atoms. The van der Waals surface area contributed by atoms with Crippen LogP contribution in [0, 0.1) is 11.3 Å². The third-order valence-corrected chi connectivity index (χ3v) is 5.62. The van der Waals surface area contributed by atoms with Crippen LogP contribution in [0.15, 0.2) is 90.5 Å². The molecule has 0 atom stereocenters. The Balaban J connectivity index is 1.42. The van der Waals surface area contributed by atoms with E-state index in [1.807, 2.05) is 49.4 Å². The van der Waals surface area contributed by atoms with Crippen LogP contribution >= 0.6 is 0 Å². The summed E-state index contributed by atoms with van der Waals surface area (Å²) in [6.45, 7) is 5.57. The minimum Gasteiger partial charge on any atom is -0.355 e. The van der Waals surface area contributed by atoms with E-state index in [1.165, 1.54) is 0 Å². The molecule has 0 unspecified atom stereocenters. The van der Waals surface area contributed by atoms with Crippen LogP contribution < -0.4 is 10.6 Å². The molecule has 5 rings (SSSR count). The number of benzene rings is 2. The van der Waals surface area contributed by atoms with Gasteiger partial charge in [-0.25, -0.2) is 4.98 Å². The number of hydrogen-bond acceptors (Lipinski definition) is 7. The highest BCUT2D eigenvalue weighted by atomic mass is 14.9. The predicted octanol–water partition coefficient (Wildman–Crippen LogP) is 6.44. The van der Waals surface area contributed by atoms with Crippen molar-refractivity contribution in [2.24, 2.45) is 4.99 Å². The van der Waals surface area contributed by atoms with Crippen molar-refractivity contribution in [3.63, 3.8) is 0 Å². The fraction of sp³-hybridized carbons (Fsp3) is 0.0357. The van der Waals surface area contributed by atoms with E-state index in [1.54, 1.807) is 43.0 Å². The largest absolute Gasteiger partial charge is 0.355 e. The quantitative estimate of drug-likeness (QED) is 0.236. The number of aromatic nitrogens is 4. The third-order valence-electron chi connectivity index (χ3n) is 5.62. The molecule has 2 aromatic carbocycles. The van der Waals surface area contributed by atoms with Crippen LogP contribution in [0.3, 0.4) is 0 Å². The Labute approximate surface area is 208 Å². The SMILES string of the molecule is C=Nc1ccc(C#N)cc1/C(=C\C)Nc1cncc(-c2nc3ccc(Nc4ccncc4)cc3[nH]2)c1. The number of nitriles is 1. The van der Waals surface area contributed by atoms with Gasteiger partial charge in [-0.1, -0.05) is 6.08 Å². The molecule has 0 radical (unpaired) electrons. The van der Waals surface area contributed by atoms with E-state index >= 15 is 0 Å². The molecule has 174 valence electrons. The summed E-state index contributed by atoms with van der Waals surface area (Å²) in [5, 5.41) is 16.1. The van der Waals surface area contributed by atoms with Gasteiger partial charge in [0, 0.05) is 46.8 Å². The maximum atomic E-state index is 9.32. The van der Waals surface area contributed by atoms with Gasteiger partial charge in [0.2, 0.25) is 0 Å². The minimum atomic E-state index is 0.547. The number of nitrogens with one attached hydrogen (secondary N) is 3. The topological polar surface area (TPSA) is 115 Å². The minimum absolute atomic E-state index is 0.547.